The van der Waals surface area contributed by atoms with Gasteiger partial charge in [0, 0.05) is 39.5 Å². The quantitative estimate of drug-likeness (QED) is 0.0630. The fourth-order valence-corrected chi connectivity index (χ4v) is 4.66. The van der Waals surface area contributed by atoms with Crippen molar-refractivity contribution >= 4 is 17.9 Å². The number of carbonyl (C=O) groups excluding carboxylic acids is 3. The van der Waals surface area contributed by atoms with Gasteiger partial charge in [0.05, 0.1) is 6.61 Å². The summed E-state index contributed by atoms with van der Waals surface area (Å²) in [5, 5.41) is 0. The number of ether oxygens (including phenoxy) is 4. The summed E-state index contributed by atoms with van der Waals surface area (Å²) in [7, 11) is 5.66. The minimum absolute atomic E-state index is 0.119. The van der Waals surface area contributed by atoms with Crippen LogP contribution in [0.4, 0.5) is 0 Å². The number of esters is 3. The molecule has 0 heterocycles. The summed E-state index contributed by atoms with van der Waals surface area (Å²) in [6.45, 7) is 4.43. The van der Waals surface area contributed by atoms with Crippen molar-refractivity contribution in [2.24, 2.45) is 0 Å². The van der Waals surface area contributed by atoms with E-state index in [1.165, 1.54) is 32.1 Å². The summed E-state index contributed by atoms with van der Waals surface area (Å²) in [4.78, 5) is 38.4. The Bertz CT molecular complexity index is 871. The molecule has 0 bridgehead atoms. The minimum Gasteiger partial charge on any atom is -0.466 e. The predicted molar refractivity (Wildman–Crippen MR) is 166 cm³/mol. The molecule has 0 atom stereocenters. The van der Waals surface area contributed by atoms with Gasteiger partial charge in [0.25, 0.3) is 0 Å². The lowest BCUT2D eigenvalue weighted by atomic mass is 10.1. The molecule has 8 heteroatoms. The van der Waals surface area contributed by atoms with Gasteiger partial charge >= 0.3 is 17.9 Å². The number of nitrogens with zero attached hydrogens (tertiary/aromatic N) is 1. The highest BCUT2D eigenvalue weighted by Crippen LogP contribution is 2.16. The Morgan fingerprint density at radius 2 is 1.00 bits per heavy atom. The molecule has 0 unspecified atom stereocenters. The first-order valence-corrected chi connectivity index (χ1v) is 16.1. The van der Waals surface area contributed by atoms with Crippen molar-refractivity contribution in [2.75, 3.05) is 34.4 Å². The van der Waals surface area contributed by atoms with Crippen LogP contribution in [-0.2, 0) is 53.1 Å². The van der Waals surface area contributed by atoms with Crippen LogP contribution in [0.15, 0.2) is 18.2 Å². The Labute approximate surface area is 254 Å². The SMILES string of the molecule is CCCCCCCCCC(=O)OCCCCCC(=O)OCc1cc(COC(=O)CCCCCOC)cc(CN(C)C)c1. The van der Waals surface area contributed by atoms with Crippen LogP contribution in [0.3, 0.4) is 0 Å². The highest BCUT2D eigenvalue weighted by Gasteiger charge is 2.10. The second-order valence-electron chi connectivity index (χ2n) is 11.4. The van der Waals surface area contributed by atoms with Crippen LogP contribution in [0.25, 0.3) is 0 Å². The Hall–Kier alpha value is -2.45. The highest BCUT2D eigenvalue weighted by molar-refractivity contribution is 5.70. The summed E-state index contributed by atoms with van der Waals surface area (Å²) < 4.78 is 21.4. The third kappa shape index (κ3) is 21.3. The van der Waals surface area contributed by atoms with E-state index < -0.39 is 0 Å². The lowest BCUT2D eigenvalue weighted by molar-refractivity contribution is -0.146. The van der Waals surface area contributed by atoms with Crippen LogP contribution in [0, 0.1) is 0 Å². The third-order valence-corrected chi connectivity index (χ3v) is 6.91. The molecule has 0 N–H and O–H groups in total. The van der Waals surface area contributed by atoms with E-state index in [4.69, 9.17) is 18.9 Å². The number of methoxy groups -OCH3 is 1. The number of benzene rings is 1. The first-order chi connectivity index (χ1) is 20.3. The van der Waals surface area contributed by atoms with Crippen LogP contribution in [-0.4, -0.2) is 57.2 Å². The van der Waals surface area contributed by atoms with Gasteiger partial charge in [0.15, 0.2) is 0 Å². The van der Waals surface area contributed by atoms with E-state index in [0.717, 1.165) is 68.2 Å². The molecule has 0 spiro atoms. The third-order valence-electron chi connectivity index (χ3n) is 6.91. The van der Waals surface area contributed by atoms with Gasteiger partial charge in [0.2, 0.25) is 0 Å². The van der Waals surface area contributed by atoms with Crippen LogP contribution < -0.4 is 0 Å². The van der Waals surface area contributed by atoms with E-state index in [9.17, 15) is 14.4 Å². The largest absolute Gasteiger partial charge is 0.466 e. The second-order valence-corrected chi connectivity index (χ2v) is 11.4. The smallest absolute Gasteiger partial charge is 0.306 e. The molecule has 1 rings (SSSR count). The molecule has 8 nitrogen and oxygen atoms in total. The summed E-state index contributed by atoms with van der Waals surface area (Å²) >= 11 is 0. The monoisotopic (exact) mass is 591 g/mol. The van der Waals surface area contributed by atoms with Gasteiger partial charge in [-0.3, -0.25) is 14.4 Å². The van der Waals surface area contributed by atoms with E-state index in [1.54, 1.807) is 7.11 Å². The zero-order valence-corrected chi connectivity index (χ0v) is 26.9. The molecule has 1 aromatic rings. The van der Waals surface area contributed by atoms with Crippen LogP contribution >= 0.6 is 0 Å². The molecule has 0 amide bonds. The van der Waals surface area contributed by atoms with Gasteiger partial charge in [-0.15, -0.1) is 0 Å². The number of hydrogen-bond acceptors (Lipinski definition) is 8. The fraction of sp³-hybridized carbons (Fsp3) is 0.735. The molecule has 0 aliphatic carbocycles. The number of rotatable bonds is 26. The molecule has 240 valence electrons. The highest BCUT2D eigenvalue weighted by atomic mass is 16.5. The first-order valence-electron chi connectivity index (χ1n) is 16.1. The van der Waals surface area contributed by atoms with Gasteiger partial charge in [-0.05, 0) is 75.4 Å². The van der Waals surface area contributed by atoms with E-state index in [0.29, 0.717) is 38.9 Å². The molecule has 0 fully saturated rings. The maximum atomic E-state index is 12.3. The van der Waals surface area contributed by atoms with Crippen molar-refractivity contribution in [3.05, 3.63) is 34.9 Å². The maximum Gasteiger partial charge on any atom is 0.306 e. The topological polar surface area (TPSA) is 91.4 Å². The van der Waals surface area contributed by atoms with E-state index in [2.05, 4.69) is 11.8 Å². The van der Waals surface area contributed by atoms with Crippen molar-refractivity contribution in [1.82, 2.24) is 4.90 Å². The molecule has 0 aromatic heterocycles. The predicted octanol–water partition coefficient (Wildman–Crippen LogP) is 7.29. The molecule has 0 saturated carbocycles. The molecule has 42 heavy (non-hydrogen) atoms. The average molecular weight is 592 g/mol. The first kappa shape index (κ1) is 37.6. The lowest BCUT2D eigenvalue weighted by Crippen LogP contribution is -2.12. The Morgan fingerprint density at radius 1 is 0.571 bits per heavy atom. The summed E-state index contributed by atoms with van der Waals surface area (Å²) in [5.41, 5.74) is 2.83. The van der Waals surface area contributed by atoms with Crippen molar-refractivity contribution < 1.29 is 33.3 Å². The summed E-state index contributed by atoms with van der Waals surface area (Å²) in [6, 6.07) is 5.98. The molecule has 0 aliphatic heterocycles. The molecular formula is C34H57NO7. The Morgan fingerprint density at radius 3 is 1.50 bits per heavy atom. The Balaban J connectivity index is 2.29. The fourth-order valence-electron chi connectivity index (χ4n) is 4.66. The molecule has 1 aromatic carbocycles. The van der Waals surface area contributed by atoms with Crippen LogP contribution in [0.5, 0.6) is 0 Å². The second kappa shape index (κ2) is 25.1. The van der Waals surface area contributed by atoms with Crippen molar-refractivity contribution in [3.8, 4) is 0 Å². The molecule has 0 saturated heterocycles. The van der Waals surface area contributed by atoms with Gasteiger partial charge in [-0.1, -0.05) is 64.0 Å². The van der Waals surface area contributed by atoms with E-state index in [-0.39, 0.29) is 31.1 Å². The van der Waals surface area contributed by atoms with Crippen LogP contribution in [0.1, 0.15) is 126 Å². The van der Waals surface area contributed by atoms with Gasteiger partial charge in [-0.2, -0.15) is 0 Å². The number of hydrogen-bond donors (Lipinski definition) is 0. The van der Waals surface area contributed by atoms with Gasteiger partial charge in [0.1, 0.15) is 13.2 Å². The normalized spacial score (nSPS) is 11.1. The van der Waals surface area contributed by atoms with Gasteiger partial charge < -0.3 is 23.8 Å². The van der Waals surface area contributed by atoms with Crippen molar-refractivity contribution in [1.29, 1.82) is 0 Å². The lowest BCUT2D eigenvalue weighted by Gasteiger charge is -2.14. The number of unbranched alkanes of at least 4 members (excludes halogenated alkanes) is 10. The minimum atomic E-state index is -0.245. The van der Waals surface area contributed by atoms with Crippen LogP contribution in [0.2, 0.25) is 0 Å². The average Bonchev–Trinajstić information content (AvgIpc) is 2.95. The zero-order valence-electron chi connectivity index (χ0n) is 26.9. The van der Waals surface area contributed by atoms with Gasteiger partial charge in [-0.25, -0.2) is 0 Å². The molecule has 0 aliphatic rings. The zero-order chi connectivity index (χ0) is 30.8. The van der Waals surface area contributed by atoms with E-state index in [1.807, 2.05) is 32.3 Å². The molecule has 0 radical (unpaired) electrons. The van der Waals surface area contributed by atoms with Crippen molar-refractivity contribution in [3.63, 3.8) is 0 Å². The Kier molecular flexibility index (Phi) is 22.4. The van der Waals surface area contributed by atoms with Crippen molar-refractivity contribution in [2.45, 2.75) is 129 Å². The summed E-state index contributed by atoms with van der Waals surface area (Å²) in [6.07, 6.45) is 14.4. The molecular weight excluding hydrogens is 534 g/mol. The summed E-state index contributed by atoms with van der Waals surface area (Å²) in [5.74, 6) is -0.571. The standard InChI is InChI=1S/C34H57NO7/c1-5-6-7-8-9-10-13-18-32(36)40-22-17-12-15-20-34(38)42-28-31-24-29(26-35(2)3)23-30(25-31)27-41-33(37)19-14-11-16-21-39-4/h23-25H,5-22,26-28H2,1-4H3. The number of carbonyl (C=O) groups is 3. The maximum absolute atomic E-state index is 12.3. The van der Waals surface area contributed by atoms with E-state index >= 15 is 0 Å².